The van der Waals surface area contributed by atoms with Crippen molar-refractivity contribution in [2.24, 2.45) is 0 Å². The Labute approximate surface area is 193 Å². The highest BCUT2D eigenvalue weighted by Gasteiger charge is 2.55. The van der Waals surface area contributed by atoms with Gasteiger partial charge in [0.25, 0.3) is 0 Å². The van der Waals surface area contributed by atoms with Gasteiger partial charge in [-0.1, -0.05) is 22.8 Å². The first kappa shape index (κ1) is 21.8. The molecular formula is C24H21ClF3N3O2. The molecule has 0 spiro atoms. The standard InChI is InChI=1S/C24H21ClF3N3O2/c25-18-6-4-16(5-7-18)20-15-21(29-33-20)23(8-9-23)22(32)31-12-10-30(11-13-31)19-3-1-2-17(14-19)24(26,27)28/h1-7,14-15H,8-13H2. The number of hydrogen-bond donors (Lipinski definition) is 0. The molecule has 172 valence electrons. The van der Waals surface area contributed by atoms with Gasteiger partial charge in [0.15, 0.2) is 5.76 Å². The zero-order valence-corrected chi connectivity index (χ0v) is 18.4. The van der Waals surface area contributed by atoms with Gasteiger partial charge < -0.3 is 14.3 Å². The van der Waals surface area contributed by atoms with Gasteiger partial charge in [-0.25, -0.2) is 0 Å². The number of piperazine rings is 1. The molecule has 1 aliphatic heterocycles. The zero-order valence-electron chi connectivity index (χ0n) is 17.6. The molecule has 0 atom stereocenters. The minimum atomic E-state index is -4.38. The van der Waals surface area contributed by atoms with Gasteiger partial charge in [-0.05, 0) is 55.3 Å². The normalized spacial score (nSPS) is 17.8. The first-order chi connectivity index (χ1) is 15.8. The van der Waals surface area contributed by atoms with Gasteiger partial charge in [0.1, 0.15) is 0 Å². The molecule has 2 heterocycles. The van der Waals surface area contributed by atoms with Gasteiger partial charge in [-0.3, -0.25) is 4.79 Å². The molecule has 0 unspecified atom stereocenters. The Balaban J connectivity index is 1.26. The third-order valence-electron chi connectivity index (χ3n) is 6.39. The monoisotopic (exact) mass is 475 g/mol. The topological polar surface area (TPSA) is 49.6 Å². The Bertz CT molecular complexity index is 1160. The summed E-state index contributed by atoms with van der Waals surface area (Å²) in [6.07, 6.45) is -2.98. The van der Waals surface area contributed by atoms with Crippen LogP contribution >= 0.6 is 11.6 Å². The van der Waals surface area contributed by atoms with E-state index in [1.165, 1.54) is 6.07 Å². The summed E-state index contributed by atoms with van der Waals surface area (Å²) in [7, 11) is 0. The van der Waals surface area contributed by atoms with Crippen LogP contribution in [0.5, 0.6) is 0 Å². The number of carbonyl (C=O) groups excluding carboxylic acids is 1. The number of halogens is 4. The summed E-state index contributed by atoms with van der Waals surface area (Å²) in [6.45, 7) is 1.83. The number of carbonyl (C=O) groups is 1. The minimum Gasteiger partial charge on any atom is -0.368 e. The Morgan fingerprint density at radius 3 is 2.33 bits per heavy atom. The molecule has 1 amide bonds. The number of anilines is 1. The molecule has 2 aromatic carbocycles. The molecule has 2 fully saturated rings. The quantitative estimate of drug-likeness (QED) is 0.507. The molecule has 3 aromatic rings. The third-order valence-corrected chi connectivity index (χ3v) is 6.65. The molecule has 1 aromatic heterocycles. The Morgan fingerprint density at radius 2 is 1.70 bits per heavy atom. The number of amides is 1. The van der Waals surface area contributed by atoms with Gasteiger partial charge in [0, 0.05) is 48.5 Å². The molecule has 5 nitrogen and oxygen atoms in total. The molecule has 9 heteroatoms. The summed E-state index contributed by atoms with van der Waals surface area (Å²) < 4.78 is 44.6. The summed E-state index contributed by atoms with van der Waals surface area (Å²) in [4.78, 5) is 17.0. The van der Waals surface area contributed by atoms with E-state index in [-0.39, 0.29) is 5.91 Å². The SMILES string of the molecule is O=C(N1CCN(c2cccc(C(F)(F)F)c2)CC1)C1(c2cc(-c3ccc(Cl)cc3)on2)CC1. The summed E-state index contributed by atoms with van der Waals surface area (Å²) in [5.41, 5.74) is 0.626. The van der Waals surface area contributed by atoms with E-state index in [9.17, 15) is 18.0 Å². The number of hydrogen-bond acceptors (Lipinski definition) is 4. The van der Waals surface area contributed by atoms with E-state index in [1.54, 1.807) is 23.1 Å². The lowest BCUT2D eigenvalue weighted by atomic mass is 9.99. The van der Waals surface area contributed by atoms with Crippen molar-refractivity contribution in [1.29, 1.82) is 0 Å². The van der Waals surface area contributed by atoms with E-state index in [4.69, 9.17) is 16.1 Å². The highest BCUT2D eigenvalue weighted by Crippen LogP contribution is 2.50. The van der Waals surface area contributed by atoms with E-state index in [2.05, 4.69) is 5.16 Å². The second-order valence-electron chi connectivity index (χ2n) is 8.49. The Morgan fingerprint density at radius 1 is 1.00 bits per heavy atom. The first-order valence-electron chi connectivity index (χ1n) is 10.7. The van der Waals surface area contributed by atoms with Crippen molar-refractivity contribution < 1.29 is 22.5 Å². The van der Waals surface area contributed by atoms with Crippen LogP contribution in [0.25, 0.3) is 11.3 Å². The highest BCUT2D eigenvalue weighted by molar-refractivity contribution is 6.30. The number of nitrogens with zero attached hydrogens (tertiary/aromatic N) is 3. The van der Waals surface area contributed by atoms with Crippen molar-refractivity contribution in [3.05, 3.63) is 70.9 Å². The molecule has 0 radical (unpaired) electrons. The number of aromatic nitrogens is 1. The zero-order chi connectivity index (χ0) is 23.2. The lowest BCUT2D eigenvalue weighted by Crippen LogP contribution is -2.51. The van der Waals surface area contributed by atoms with Crippen LogP contribution in [0.4, 0.5) is 18.9 Å². The third kappa shape index (κ3) is 4.19. The van der Waals surface area contributed by atoms with E-state index in [0.29, 0.717) is 61.2 Å². The van der Waals surface area contributed by atoms with Gasteiger partial charge in [-0.2, -0.15) is 13.2 Å². The van der Waals surface area contributed by atoms with Gasteiger partial charge >= 0.3 is 6.18 Å². The van der Waals surface area contributed by atoms with Crippen LogP contribution in [0, 0.1) is 0 Å². The smallest absolute Gasteiger partial charge is 0.368 e. The van der Waals surface area contributed by atoms with E-state index in [1.807, 2.05) is 23.1 Å². The fourth-order valence-corrected chi connectivity index (χ4v) is 4.43. The second-order valence-corrected chi connectivity index (χ2v) is 8.93. The minimum absolute atomic E-state index is 0.00199. The molecular weight excluding hydrogens is 455 g/mol. The largest absolute Gasteiger partial charge is 0.416 e. The predicted molar refractivity (Wildman–Crippen MR) is 118 cm³/mol. The molecule has 1 saturated heterocycles. The molecule has 1 saturated carbocycles. The molecule has 1 aliphatic carbocycles. The maximum Gasteiger partial charge on any atom is 0.416 e. The highest BCUT2D eigenvalue weighted by atomic mass is 35.5. The summed E-state index contributed by atoms with van der Waals surface area (Å²) >= 11 is 5.94. The van der Waals surface area contributed by atoms with Crippen LogP contribution in [0.1, 0.15) is 24.1 Å². The maximum absolute atomic E-state index is 13.4. The van der Waals surface area contributed by atoms with Crippen molar-refractivity contribution in [2.45, 2.75) is 24.4 Å². The second kappa shape index (κ2) is 8.09. The van der Waals surface area contributed by atoms with E-state index in [0.717, 1.165) is 17.7 Å². The fourth-order valence-electron chi connectivity index (χ4n) is 4.30. The maximum atomic E-state index is 13.4. The summed E-state index contributed by atoms with van der Waals surface area (Å²) in [5, 5.41) is 4.81. The molecule has 0 N–H and O–H groups in total. The van der Waals surface area contributed by atoms with E-state index < -0.39 is 17.2 Å². The summed E-state index contributed by atoms with van der Waals surface area (Å²) in [5.74, 6) is 0.581. The average Bonchev–Trinajstić information content (AvgIpc) is 3.48. The van der Waals surface area contributed by atoms with E-state index >= 15 is 0 Å². The van der Waals surface area contributed by atoms with Crippen molar-refractivity contribution in [3.8, 4) is 11.3 Å². The van der Waals surface area contributed by atoms with Crippen LogP contribution in [-0.2, 0) is 16.4 Å². The molecule has 2 aliphatic rings. The van der Waals surface area contributed by atoms with Crippen LogP contribution < -0.4 is 4.90 Å². The number of alkyl halides is 3. The van der Waals surface area contributed by atoms with Crippen LogP contribution in [0.2, 0.25) is 5.02 Å². The average molecular weight is 476 g/mol. The van der Waals surface area contributed by atoms with Gasteiger partial charge in [0.05, 0.1) is 16.7 Å². The fraction of sp³-hybridized carbons (Fsp3) is 0.333. The summed E-state index contributed by atoms with van der Waals surface area (Å²) in [6, 6.07) is 14.3. The van der Waals surface area contributed by atoms with Crippen molar-refractivity contribution in [2.75, 3.05) is 31.1 Å². The first-order valence-corrected chi connectivity index (χ1v) is 11.1. The van der Waals surface area contributed by atoms with Gasteiger partial charge in [0.2, 0.25) is 5.91 Å². The molecule has 0 bridgehead atoms. The predicted octanol–water partition coefficient (Wildman–Crippen LogP) is 5.39. The van der Waals surface area contributed by atoms with Crippen molar-refractivity contribution >= 4 is 23.2 Å². The molecule has 5 rings (SSSR count). The van der Waals surface area contributed by atoms with Crippen LogP contribution in [-0.4, -0.2) is 42.1 Å². The van der Waals surface area contributed by atoms with Crippen LogP contribution in [0.3, 0.4) is 0 Å². The van der Waals surface area contributed by atoms with Crippen LogP contribution in [0.15, 0.2) is 59.1 Å². The lowest BCUT2D eigenvalue weighted by Gasteiger charge is -2.37. The number of rotatable bonds is 4. The van der Waals surface area contributed by atoms with Crippen molar-refractivity contribution in [3.63, 3.8) is 0 Å². The lowest BCUT2D eigenvalue weighted by molar-refractivity contribution is -0.137. The number of benzene rings is 2. The molecule has 33 heavy (non-hydrogen) atoms. The Kier molecular flexibility index (Phi) is 5.35. The van der Waals surface area contributed by atoms with Crippen molar-refractivity contribution in [1.82, 2.24) is 10.1 Å². The Hall–Kier alpha value is -3.00. The van der Waals surface area contributed by atoms with Gasteiger partial charge in [-0.15, -0.1) is 0 Å².